The number of aliphatic carboxylic acids is 1. The van der Waals surface area contributed by atoms with Crippen LogP contribution in [0.1, 0.15) is 30.4 Å². The van der Waals surface area contributed by atoms with Crippen molar-refractivity contribution in [3.63, 3.8) is 0 Å². The number of hydrogen-bond donors (Lipinski definition) is 1. The highest BCUT2D eigenvalue weighted by Crippen LogP contribution is 2.37. The molecular weight excluding hydrogens is 407 g/mol. The predicted octanol–water partition coefficient (Wildman–Crippen LogP) is 5.19. The summed E-state index contributed by atoms with van der Waals surface area (Å²) in [6, 6.07) is 14.9. The molecule has 2 aliphatic rings. The Hall–Kier alpha value is -1.75. The third-order valence-electron chi connectivity index (χ3n) is 6.08. The molecule has 0 aromatic heterocycles. The second kappa shape index (κ2) is 9.84. The third kappa shape index (κ3) is 5.06. The number of hydrogen-bond acceptors (Lipinski definition) is 3. The summed E-state index contributed by atoms with van der Waals surface area (Å²) in [7, 11) is 0. The van der Waals surface area contributed by atoms with Crippen LogP contribution >= 0.6 is 24.0 Å². The predicted molar refractivity (Wildman–Crippen MR) is 121 cm³/mol. The van der Waals surface area contributed by atoms with E-state index < -0.39 is 5.97 Å². The molecule has 0 bridgehead atoms. The SMILES string of the molecule is Cl.O=C(O)C1CCN(CCCN2c3ccccc3CCc3ccc(Cl)cc32)CC1. The number of halogens is 2. The maximum absolute atomic E-state index is 11.1. The fraction of sp³-hybridized carbons (Fsp3) is 0.435. The second-order valence-electron chi connectivity index (χ2n) is 7.86. The van der Waals surface area contributed by atoms with E-state index in [0.717, 1.165) is 63.3 Å². The van der Waals surface area contributed by atoms with Gasteiger partial charge in [0.15, 0.2) is 0 Å². The van der Waals surface area contributed by atoms with Crippen LogP contribution in [0.25, 0.3) is 0 Å². The first-order chi connectivity index (χ1) is 13.6. The Bertz CT molecular complexity index is 851. The van der Waals surface area contributed by atoms with E-state index in [1.807, 2.05) is 6.07 Å². The van der Waals surface area contributed by atoms with Crippen LogP contribution in [0.15, 0.2) is 42.5 Å². The third-order valence-corrected chi connectivity index (χ3v) is 6.31. The van der Waals surface area contributed by atoms with Gasteiger partial charge in [-0.2, -0.15) is 0 Å². The first-order valence-electron chi connectivity index (χ1n) is 10.2. The molecule has 0 aliphatic carbocycles. The smallest absolute Gasteiger partial charge is 0.306 e. The molecule has 1 saturated heterocycles. The summed E-state index contributed by atoms with van der Waals surface area (Å²) in [5.41, 5.74) is 5.25. The van der Waals surface area contributed by atoms with Gasteiger partial charge in [0.05, 0.1) is 5.92 Å². The molecule has 4 nitrogen and oxygen atoms in total. The van der Waals surface area contributed by atoms with Gasteiger partial charge in [-0.1, -0.05) is 35.9 Å². The minimum absolute atomic E-state index is 0. The summed E-state index contributed by atoms with van der Waals surface area (Å²) in [6.45, 7) is 3.70. The lowest BCUT2D eigenvalue weighted by Crippen LogP contribution is -2.37. The number of para-hydroxylation sites is 1. The monoisotopic (exact) mass is 434 g/mol. The molecule has 29 heavy (non-hydrogen) atoms. The number of fused-ring (bicyclic) bond motifs is 2. The molecule has 2 aromatic rings. The summed E-state index contributed by atoms with van der Waals surface area (Å²) in [6.07, 6.45) is 4.64. The first kappa shape index (κ1) is 21.9. The second-order valence-corrected chi connectivity index (χ2v) is 8.30. The Labute approximate surface area is 183 Å². The zero-order valence-corrected chi connectivity index (χ0v) is 18.1. The van der Waals surface area contributed by atoms with Crippen LogP contribution in [0, 0.1) is 5.92 Å². The van der Waals surface area contributed by atoms with E-state index in [-0.39, 0.29) is 18.3 Å². The van der Waals surface area contributed by atoms with Gasteiger partial charge in [-0.25, -0.2) is 0 Å². The molecule has 0 saturated carbocycles. The Kier molecular flexibility index (Phi) is 7.44. The van der Waals surface area contributed by atoms with E-state index in [9.17, 15) is 4.79 Å². The molecule has 0 spiro atoms. The Balaban J connectivity index is 0.00000240. The standard InChI is InChI=1S/C23H27ClN2O2.ClH/c24-20-9-8-18-7-6-17-4-1-2-5-21(17)26(22(18)16-20)13-3-12-25-14-10-19(11-15-25)23(27)28;/h1-2,4-5,8-9,16,19H,3,6-7,10-15H2,(H,27,28);1H. The van der Waals surface area contributed by atoms with Crippen molar-refractivity contribution in [1.29, 1.82) is 0 Å². The van der Waals surface area contributed by atoms with Gasteiger partial charge in [0.2, 0.25) is 0 Å². The van der Waals surface area contributed by atoms with Crippen LogP contribution in [-0.2, 0) is 17.6 Å². The number of nitrogens with zero attached hydrogens (tertiary/aromatic N) is 2. The topological polar surface area (TPSA) is 43.8 Å². The molecule has 0 radical (unpaired) electrons. The van der Waals surface area contributed by atoms with Crippen LogP contribution in [0.4, 0.5) is 11.4 Å². The van der Waals surface area contributed by atoms with Crippen LogP contribution in [0.5, 0.6) is 0 Å². The van der Waals surface area contributed by atoms with Crippen molar-refractivity contribution >= 4 is 41.4 Å². The number of benzene rings is 2. The molecular formula is C23H28Cl2N2O2. The van der Waals surface area contributed by atoms with E-state index in [1.54, 1.807) is 0 Å². The molecule has 2 heterocycles. The summed E-state index contributed by atoms with van der Waals surface area (Å²) in [5.74, 6) is -0.808. The molecule has 0 amide bonds. The number of carbonyl (C=O) groups is 1. The molecule has 0 unspecified atom stereocenters. The lowest BCUT2D eigenvalue weighted by Gasteiger charge is -2.32. The quantitative estimate of drug-likeness (QED) is 0.703. The molecule has 4 rings (SSSR count). The molecule has 1 N–H and O–H groups in total. The Morgan fingerprint density at radius 3 is 2.41 bits per heavy atom. The van der Waals surface area contributed by atoms with E-state index in [4.69, 9.17) is 16.7 Å². The van der Waals surface area contributed by atoms with Crippen molar-refractivity contribution in [2.75, 3.05) is 31.1 Å². The zero-order chi connectivity index (χ0) is 19.5. The molecule has 6 heteroatoms. The van der Waals surface area contributed by atoms with Gasteiger partial charge in [0, 0.05) is 22.9 Å². The molecule has 1 fully saturated rings. The maximum Gasteiger partial charge on any atom is 0.306 e. The Morgan fingerprint density at radius 2 is 1.69 bits per heavy atom. The lowest BCUT2D eigenvalue weighted by atomic mass is 9.97. The van der Waals surface area contributed by atoms with Crippen molar-refractivity contribution in [3.05, 3.63) is 58.6 Å². The van der Waals surface area contributed by atoms with Crippen molar-refractivity contribution < 1.29 is 9.90 Å². The highest BCUT2D eigenvalue weighted by Gasteiger charge is 2.25. The van der Waals surface area contributed by atoms with Crippen molar-refractivity contribution in [2.45, 2.75) is 32.1 Å². The van der Waals surface area contributed by atoms with Gasteiger partial charge in [0.25, 0.3) is 0 Å². The lowest BCUT2D eigenvalue weighted by molar-refractivity contribution is -0.143. The molecule has 0 atom stereocenters. The number of rotatable bonds is 5. The van der Waals surface area contributed by atoms with E-state index in [2.05, 4.69) is 46.2 Å². The zero-order valence-electron chi connectivity index (χ0n) is 16.5. The maximum atomic E-state index is 11.1. The largest absolute Gasteiger partial charge is 0.481 e. The number of carboxylic acids is 1. The number of likely N-dealkylation sites (tertiary alicyclic amines) is 1. The van der Waals surface area contributed by atoms with Crippen molar-refractivity contribution in [3.8, 4) is 0 Å². The number of carboxylic acid groups (broad SMARTS) is 1. The molecule has 2 aliphatic heterocycles. The first-order valence-corrected chi connectivity index (χ1v) is 10.6. The van der Waals surface area contributed by atoms with E-state index in [0.29, 0.717) is 0 Å². The van der Waals surface area contributed by atoms with Gasteiger partial charge in [0.1, 0.15) is 0 Å². The highest BCUT2D eigenvalue weighted by atomic mass is 35.5. The number of anilines is 2. The van der Waals surface area contributed by atoms with E-state index >= 15 is 0 Å². The highest BCUT2D eigenvalue weighted by molar-refractivity contribution is 6.30. The van der Waals surface area contributed by atoms with Gasteiger partial charge < -0.3 is 14.9 Å². The Morgan fingerprint density at radius 1 is 1.00 bits per heavy atom. The average Bonchev–Trinajstić information content (AvgIpc) is 2.85. The van der Waals surface area contributed by atoms with Gasteiger partial charge in [-0.05, 0) is 81.1 Å². The van der Waals surface area contributed by atoms with Crippen LogP contribution < -0.4 is 4.90 Å². The summed E-state index contributed by atoms with van der Waals surface area (Å²) < 4.78 is 0. The molecule has 2 aromatic carbocycles. The van der Waals surface area contributed by atoms with Crippen molar-refractivity contribution in [2.24, 2.45) is 5.92 Å². The minimum Gasteiger partial charge on any atom is -0.481 e. The summed E-state index contributed by atoms with van der Waals surface area (Å²) in [5, 5.41) is 9.95. The normalized spacial score (nSPS) is 17.1. The van der Waals surface area contributed by atoms with Gasteiger partial charge >= 0.3 is 5.97 Å². The fourth-order valence-corrected chi connectivity index (χ4v) is 4.65. The van der Waals surface area contributed by atoms with Gasteiger partial charge in [-0.15, -0.1) is 12.4 Å². The minimum atomic E-state index is -0.644. The number of piperidine rings is 1. The fourth-order valence-electron chi connectivity index (χ4n) is 4.48. The summed E-state index contributed by atoms with van der Waals surface area (Å²) in [4.78, 5) is 16.0. The van der Waals surface area contributed by atoms with Crippen LogP contribution in [0.3, 0.4) is 0 Å². The van der Waals surface area contributed by atoms with Crippen molar-refractivity contribution in [1.82, 2.24) is 4.90 Å². The van der Waals surface area contributed by atoms with Gasteiger partial charge in [-0.3, -0.25) is 4.79 Å². The molecule has 156 valence electrons. The summed E-state index contributed by atoms with van der Waals surface area (Å²) >= 11 is 6.33. The number of aryl methyl sites for hydroxylation is 2. The van der Waals surface area contributed by atoms with Crippen LogP contribution in [-0.4, -0.2) is 42.2 Å². The van der Waals surface area contributed by atoms with Crippen LogP contribution in [0.2, 0.25) is 5.02 Å². The van der Waals surface area contributed by atoms with E-state index in [1.165, 1.54) is 22.5 Å². The average molecular weight is 435 g/mol.